The molecule has 2 bridgehead atoms. The fourth-order valence-electron chi connectivity index (χ4n) is 8.23. The summed E-state index contributed by atoms with van der Waals surface area (Å²) in [6.07, 6.45) is 4.75. The Balaban J connectivity index is 1.62. The van der Waals surface area contributed by atoms with E-state index in [9.17, 15) is 14.7 Å². The molecular formula is C38H49N3O4S. The molecule has 3 amide bonds. The van der Waals surface area contributed by atoms with Crippen LogP contribution in [0.1, 0.15) is 50.3 Å². The maximum atomic E-state index is 15.2. The fraction of sp³-hybridized carbons (Fsp3) is 0.500. The van der Waals surface area contributed by atoms with E-state index in [0.717, 1.165) is 28.8 Å². The van der Waals surface area contributed by atoms with Crippen LogP contribution < -0.4 is 4.90 Å². The predicted molar refractivity (Wildman–Crippen MR) is 186 cm³/mol. The lowest BCUT2D eigenvalue weighted by molar-refractivity contribution is -0.146. The van der Waals surface area contributed by atoms with Crippen LogP contribution in [-0.2, 0) is 20.9 Å². The van der Waals surface area contributed by atoms with Crippen LogP contribution in [0, 0.1) is 37.5 Å². The van der Waals surface area contributed by atoms with Crippen LogP contribution >= 0.6 is 11.8 Å². The first kappa shape index (κ1) is 34.0. The van der Waals surface area contributed by atoms with E-state index in [1.807, 2.05) is 62.4 Å². The number of hydrogen-bond donors (Lipinski definition) is 1. The minimum Gasteiger partial charge on any atom is -0.394 e. The minimum atomic E-state index is -0.828. The van der Waals surface area contributed by atoms with Gasteiger partial charge in [-0.25, -0.2) is 0 Å². The van der Waals surface area contributed by atoms with Gasteiger partial charge in [-0.15, -0.1) is 24.9 Å². The van der Waals surface area contributed by atoms with Crippen LogP contribution in [0.15, 0.2) is 73.8 Å². The Labute approximate surface area is 278 Å². The number of likely N-dealkylation sites (tertiary alicyclic amines) is 1. The van der Waals surface area contributed by atoms with Gasteiger partial charge in [0.05, 0.1) is 29.2 Å². The quantitative estimate of drug-likeness (QED) is 0.280. The Morgan fingerprint density at radius 3 is 2.41 bits per heavy atom. The SMILES string of the molecule is C=CCN(Cc1ccccc1)C(=O)[C@@H]1[C@H]2C(=O)N([C@@H](CO)CC(C)C)C(C(=O)N(CC=C)c3cc(C)ccc3C)C23S[C@@H]1CC3C. The molecular weight excluding hydrogens is 595 g/mol. The highest BCUT2D eigenvalue weighted by Gasteiger charge is 2.77. The molecule has 0 saturated carbocycles. The summed E-state index contributed by atoms with van der Waals surface area (Å²) in [7, 11) is 0. The lowest BCUT2D eigenvalue weighted by Gasteiger charge is -2.42. The van der Waals surface area contributed by atoms with Crippen LogP contribution in [-0.4, -0.2) is 74.4 Å². The maximum absolute atomic E-state index is 15.2. The van der Waals surface area contributed by atoms with Gasteiger partial charge in [0.15, 0.2) is 0 Å². The molecule has 3 saturated heterocycles. The summed E-state index contributed by atoms with van der Waals surface area (Å²) in [5.74, 6) is -1.45. The van der Waals surface area contributed by atoms with Gasteiger partial charge in [0.1, 0.15) is 6.04 Å². The van der Waals surface area contributed by atoms with Crippen LogP contribution in [0.25, 0.3) is 0 Å². The van der Waals surface area contributed by atoms with Gasteiger partial charge in [-0.05, 0) is 61.3 Å². The number of hydrogen-bond acceptors (Lipinski definition) is 5. The summed E-state index contributed by atoms with van der Waals surface area (Å²) in [5.41, 5.74) is 3.79. The third kappa shape index (κ3) is 5.83. The smallest absolute Gasteiger partial charge is 0.251 e. The van der Waals surface area contributed by atoms with Gasteiger partial charge < -0.3 is 19.8 Å². The molecule has 5 rings (SSSR count). The van der Waals surface area contributed by atoms with Crippen molar-refractivity contribution in [2.24, 2.45) is 23.7 Å². The van der Waals surface area contributed by atoms with E-state index in [-0.39, 0.29) is 48.0 Å². The van der Waals surface area contributed by atoms with E-state index in [2.05, 4.69) is 33.9 Å². The van der Waals surface area contributed by atoms with Gasteiger partial charge in [-0.3, -0.25) is 14.4 Å². The molecule has 3 aliphatic rings. The molecule has 3 heterocycles. The Hall–Kier alpha value is -3.36. The third-order valence-electron chi connectivity index (χ3n) is 10.2. The lowest BCUT2D eigenvalue weighted by atomic mass is 9.65. The van der Waals surface area contributed by atoms with E-state index >= 15 is 4.79 Å². The summed E-state index contributed by atoms with van der Waals surface area (Å²) < 4.78 is -0.798. The summed E-state index contributed by atoms with van der Waals surface area (Å²) in [6.45, 7) is 18.9. The van der Waals surface area contributed by atoms with Crippen molar-refractivity contribution in [2.45, 2.75) is 76.1 Å². The molecule has 2 aromatic rings. The molecule has 7 atom stereocenters. The van der Waals surface area contributed by atoms with Crippen molar-refractivity contribution in [3.8, 4) is 0 Å². The molecule has 1 N–H and O–H groups in total. The number of amides is 3. The Kier molecular flexibility index (Phi) is 10.2. The first-order valence-corrected chi connectivity index (χ1v) is 17.4. The molecule has 0 aliphatic carbocycles. The van der Waals surface area contributed by atoms with Crippen molar-refractivity contribution in [2.75, 3.05) is 24.6 Å². The predicted octanol–water partition coefficient (Wildman–Crippen LogP) is 5.78. The van der Waals surface area contributed by atoms with Gasteiger partial charge in [-0.1, -0.05) is 75.4 Å². The zero-order chi connectivity index (χ0) is 33.3. The fourth-order valence-corrected chi connectivity index (χ4v) is 10.6. The zero-order valence-electron chi connectivity index (χ0n) is 27.9. The number of anilines is 1. The van der Waals surface area contributed by atoms with Crippen molar-refractivity contribution in [3.05, 3.63) is 90.5 Å². The number of carbonyl (C=O) groups is 3. The van der Waals surface area contributed by atoms with Crippen LogP contribution in [0.2, 0.25) is 0 Å². The monoisotopic (exact) mass is 643 g/mol. The third-order valence-corrected chi connectivity index (χ3v) is 12.2. The summed E-state index contributed by atoms with van der Waals surface area (Å²) in [4.78, 5) is 50.0. The maximum Gasteiger partial charge on any atom is 0.251 e. The highest BCUT2D eigenvalue weighted by molar-refractivity contribution is 8.02. The first-order chi connectivity index (χ1) is 22.0. The van der Waals surface area contributed by atoms with Crippen molar-refractivity contribution in [3.63, 3.8) is 0 Å². The van der Waals surface area contributed by atoms with Crippen LogP contribution in [0.5, 0.6) is 0 Å². The van der Waals surface area contributed by atoms with Gasteiger partial charge in [0.2, 0.25) is 11.8 Å². The zero-order valence-corrected chi connectivity index (χ0v) is 28.7. The molecule has 3 unspecified atom stereocenters. The van der Waals surface area contributed by atoms with E-state index in [1.54, 1.807) is 38.6 Å². The van der Waals surface area contributed by atoms with Crippen molar-refractivity contribution < 1.29 is 19.5 Å². The van der Waals surface area contributed by atoms with Gasteiger partial charge in [-0.2, -0.15) is 0 Å². The number of benzene rings is 2. The number of aliphatic hydroxyl groups excluding tert-OH is 1. The van der Waals surface area contributed by atoms with E-state index < -0.39 is 28.7 Å². The number of nitrogens with zero attached hydrogens (tertiary/aromatic N) is 3. The number of fused-ring (bicyclic) bond motifs is 1. The largest absolute Gasteiger partial charge is 0.394 e. The Bertz CT molecular complexity index is 1480. The molecule has 1 spiro atoms. The van der Waals surface area contributed by atoms with Gasteiger partial charge in [0, 0.05) is 30.6 Å². The molecule has 246 valence electrons. The van der Waals surface area contributed by atoms with Crippen molar-refractivity contribution in [1.29, 1.82) is 0 Å². The topological polar surface area (TPSA) is 81.2 Å². The second kappa shape index (κ2) is 13.8. The highest BCUT2D eigenvalue weighted by Crippen LogP contribution is 2.69. The average Bonchev–Trinajstić information content (AvgIpc) is 3.63. The van der Waals surface area contributed by atoms with Crippen molar-refractivity contribution in [1.82, 2.24) is 9.80 Å². The minimum absolute atomic E-state index is 0.0176. The van der Waals surface area contributed by atoms with Gasteiger partial charge >= 0.3 is 0 Å². The molecule has 0 radical (unpaired) electrons. The molecule has 0 aromatic heterocycles. The lowest BCUT2D eigenvalue weighted by Crippen LogP contribution is -2.59. The summed E-state index contributed by atoms with van der Waals surface area (Å²) in [5, 5.41) is 10.7. The molecule has 8 heteroatoms. The van der Waals surface area contributed by atoms with E-state index in [4.69, 9.17) is 0 Å². The Morgan fingerprint density at radius 1 is 1.09 bits per heavy atom. The standard InChI is InChI=1S/C38H49N3O4S/c1-8-17-39(22-28-13-11-10-12-14-28)35(43)32-31-21-27(7)38(46-31)33(32)36(44)41(29(23-42)19-24(3)4)34(38)37(45)40(18-9-2)30-20-25(5)15-16-26(30)6/h8-16,20,24,27,29,31-34,42H,1-2,17-19,21-23H2,3-7H3/t27?,29-,31-,32+,33+,34?,38?/m1/s1. The molecule has 2 aromatic carbocycles. The number of thioether (sulfide) groups is 1. The number of aliphatic hydroxyl groups is 1. The van der Waals surface area contributed by atoms with Crippen molar-refractivity contribution >= 4 is 35.2 Å². The number of aryl methyl sites for hydroxylation is 2. The number of rotatable bonds is 13. The second-order valence-electron chi connectivity index (χ2n) is 13.8. The molecule has 3 aliphatic heterocycles. The average molecular weight is 644 g/mol. The molecule has 3 fully saturated rings. The summed E-state index contributed by atoms with van der Waals surface area (Å²) >= 11 is 1.67. The summed E-state index contributed by atoms with van der Waals surface area (Å²) in [6, 6.07) is 14.5. The Morgan fingerprint density at radius 2 is 1.78 bits per heavy atom. The van der Waals surface area contributed by atoms with Crippen LogP contribution in [0.4, 0.5) is 5.69 Å². The van der Waals surface area contributed by atoms with E-state index in [1.165, 1.54) is 0 Å². The van der Waals surface area contributed by atoms with Crippen LogP contribution in [0.3, 0.4) is 0 Å². The highest BCUT2D eigenvalue weighted by atomic mass is 32.2. The van der Waals surface area contributed by atoms with Gasteiger partial charge in [0.25, 0.3) is 5.91 Å². The second-order valence-corrected chi connectivity index (χ2v) is 15.3. The number of carbonyl (C=O) groups excluding carboxylic acids is 3. The normalized spacial score (nSPS) is 27.1. The molecule has 46 heavy (non-hydrogen) atoms. The molecule has 7 nitrogen and oxygen atoms in total. The van der Waals surface area contributed by atoms with E-state index in [0.29, 0.717) is 19.5 Å². The first-order valence-electron chi connectivity index (χ1n) is 16.5.